The summed E-state index contributed by atoms with van der Waals surface area (Å²) in [5.41, 5.74) is 3.11. The van der Waals surface area contributed by atoms with Crippen LogP contribution >= 0.6 is 11.3 Å². The highest BCUT2D eigenvalue weighted by Gasteiger charge is 2.36. The van der Waals surface area contributed by atoms with Gasteiger partial charge in [-0.05, 0) is 62.8 Å². The Hall–Kier alpha value is -1.46. The van der Waals surface area contributed by atoms with Crippen molar-refractivity contribution < 1.29 is 4.79 Å². The molecule has 2 atom stereocenters. The van der Waals surface area contributed by atoms with Gasteiger partial charge in [-0.25, -0.2) is 4.98 Å². The molecule has 0 radical (unpaired) electrons. The van der Waals surface area contributed by atoms with Gasteiger partial charge in [0.05, 0.1) is 16.3 Å². The summed E-state index contributed by atoms with van der Waals surface area (Å²) < 4.78 is 1.11. The maximum atomic E-state index is 13.1. The Morgan fingerprint density at radius 1 is 1.38 bits per heavy atom. The van der Waals surface area contributed by atoms with Crippen molar-refractivity contribution >= 4 is 32.5 Å². The van der Waals surface area contributed by atoms with Crippen molar-refractivity contribution in [3.8, 4) is 0 Å². The predicted octanol–water partition coefficient (Wildman–Crippen LogP) is 4.13. The molecule has 24 heavy (non-hydrogen) atoms. The van der Waals surface area contributed by atoms with Crippen LogP contribution in [0.1, 0.15) is 54.9 Å². The van der Waals surface area contributed by atoms with E-state index >= 15 is 0 Å². The van der Waals surface area contributed by atoms with Crippen LogP contribution in [0.25, 0.3) is 10.2 Å². The number of nitrogens with one attached hydrogen (secondary N) is 1. The normalized spacial score (nSPS) is 23.8. The van der Waals surface area contributed by atoms with E-state index in [9.17, 15) is 4.79 Å². The van der Waals surface area contributed by atoms with Crippen LogP contribution in [0.2, 0.25) is 0 Å². The molecular weight excluding hydrogens is 318 g/mol. The fourth-order valence-electron chi connectivity index (χ4n) is 3.80. The van der Waals surface area contributed by atoms with Gasteiger partial charge in [0.2, 0.25) is 0 Å². The Bertz CT molecular complexity index is 780. The van der Waals surface area contributed by atoms with Crippen LogP contribution < -0.4 is 5.32 Å². The second-order valence-corrected chi connectivity index (χ2v) is 8.39. The van der Waals surface area contributed by atoms with E-state index in [1.54, 1.807) is 11.3 Å². The number of ketones is 1. The average molecular weight is 343 g/mol. The number of nitrogens with zero attached hydrogens (tertiary/aromatic N) is 2. The number of anilines is 1. The zero-order chi connectivity index (χ0) is 16.8. The number of hydrogen-bond acceptors (Lipinski definition) is 5. The molecule has 4 rings (SSSR count). The molecule has 0 aliphatic heterocycles. The van der Waals surface area contributed by atoms with Crippen molar-refractivity contribution in [3.63, 3.8) is 0 Å². The molecule has 1 aromatic heterocycles. The standard InChI is InChI=1S/C19H25N3OS/c1-4-20-19-21-15-8-13-11(2)7-16(22(3)10-12-5-6-12)18(23)14(13)9-17(15)24-19/h8-9,11-12,16H,4-7,10H2,1-3H3,(H,20,21). The molecule has 2 aliphatic rings. The molecular formula is C19H25N3OS. The summed E-state index contributed by atoms with van der Waals surface area (Å²) >= 11 is 1.64. The summed E-state index contributed by atoms with van der Waals surface area (Å²) in [6, 6.07) is 4.26. The summed E-state index contributed by atoms with van der Waals surface area (Å²) in [6.45, 7) is 6.24. The van der Waals surface area contributed by atoms with E-state index in [4.69, 9.17) is 0 Å². The Kier molecular flexibility index (Phi) is 4.09. The maximum Gasteiger partial charge on any atom is 0.183 e. The largest absolute Gasteiger partial charge is 0.362 e. The van der Waals surface area contributed by atoms with Crippen molar-refractivity contribution in [2.24, 2.45) is 5.92 Å². The first-order valence-corrected chi connectivity index (χ1v) is 9.81. The number of rotatable bonds is 5. The van der Waals surface area contributed by atoms with E-state index in [0.29, 0.717) is 11.7 Å². The quantitative estimate of drug-likeness (QED) is 0.887. The zero-order valence-corrected chi connectivity index (χ0v) is 15.4. The molecule has 1 saturated carbocycles. The maximum absolute atomic E-state index is 13.1. The van der Waals surface area contributed by atoms with Gasteiger partial charge in [0.15, 0.2) is 10.9 Å². The van der Waals surface area contributed by atoms with Gasteiger partial charge in [-0.2, -0.15) is 0 Å². The van der Waals surface area contributed by atoms with Gasteiger partial charge in [-0.3, -0.25) is 9.69 Å². The van der Waals surface area contributed by atoms with Crippen molar-refractivity contribution in [1.29, 1.82) is 0 Å². The highest BCUT2D eigenvalue weighted by Crippen LogP contribution is 2.39. The van der Waals surface area contributed by atoms with Crippen LogP contribution in [0.3, 0.4) is 0 Å². The average Bonchev–Trinajstić information content (AvgIpc) is 3.27. The highest BCUT2D eigenvalue weighted by molar-refractivity contribution is 7.22. The topological polar surface area (TPSA) is 45.2 Å². The minimum Gasteiger partial charge on any atom is -0.362 e. The second-order valence-electron chi connectivity index (χ2n) is 7.36. The predicted molar refractivity (Wildman–Crippen MR) is 100 cm³/mol. The Morgan fingerprint density at radius 2 is 2.17 bits per heavy atom. The third-order valence-electron chi connectivity index (χ3n) is 5.34. The molecule has 1 aromatic carbocycles. The molecule has 0 spiro atoms. The van der Waals surface area contributed by atoms with Crippen molar-refractivity contribution in [3.05, 3.63) is 23.3 Å². The van der Waals surface area contributed by atoms with Gasteiger partial charge in [0.1, 0.15) is 0 Å². The van der Waals surface area contributed by atoms with Gasteiger partial charge >= 0.3 is 0 Å². The van der Waals surface area contributed by atoms with Gasteiger partial charge < -0.3 is 5.32 Å². The third kappa shape index (κ3) is 2.84. The Labute approximate surface area is 147 Å². The fraction of sp³-hybridized carbons (Fsp3) is 0.579. The molecule has 2 aromatic rings. The second kappa shape index (κ2) is 6.12. The highest BCUT2D eigenvalue weighted by atomic mass is 32.1. The third-order valence-corrected chi connectivity index (χ3v) is 6.31. The number of hydrogen-bond donors (Lipinski definition) is 1. The fourth-order valence-corrected chi connectivity index (χ4v) is 4.76. The molecule has 2 unspecified atom stereocenters. The number of likely N-dealkylation sites (N-methyl/N-ethyl adjacent to an activating group) is 1. The Balaban J connectivity index is 1.68. The van der Waals surface area contributed by atoms with E-state index in [1.807, 2.05) is 0 Å². The molecule has 1 heterocycles. The SMILES string of the molecule is CCNc1nc2cc3c(cc2s1)C(=O)C(N(C)CC1CC1)CC3C. The summed E-state index contributed by atoms with van der Waals surface area (Å²) in [4.78, 5) is 20.1. The lowest BCUT2D eigenvalue weighted by atomic mass is 9.79. The molecule has 2 aliphatic carbocycles. The first kappa shape index (κ1) is 16.0. The van der Waals surface area contributed by atoms with Crippen LogP contribution in [-0.4, -0.2) is 41.8 Å². The molecule has 1 N–H and O–H groups in total. The number of carbonyl (C=O) groups excluding carboxylic acids is 1. The molecule has 0 bridgehead atoms. The minimum absolute atomic E-state index is 0.0340. The number of carbonyl (C=O) groups is 1. The zero-order valence-electron chi connectivity index (χ0n) is 14.6. The summed E-state index contributed by atoms with van der Waals surface area (Å²) in [7, 11) is 2.12. The lowest BCUT2D eigenvalue weighted by molar-refractivity contribution is 0.0809. The Morgan fingerprint density at radius 3 is 2.88 bits per heavy atom. The first-order chi connectivity index (χ1) is 11.6. The first-order valence-electron chi connectivity index (χ1n) is 8.99. The summed E-state index contributed by atoms with van der Waals surface area (Å²) in [6.07, 6.45) is 3.57. The number of fused-ring (bicyclic) bond motifs is 2. The molecule has 0 saturated heterocycles. The van der Waals surface area contributed by atoms with Gasteiger partial charge in [0.25, 0.3) is 0 Å². The van der Waals surface area contributed by atoms with Crippen molar-refractivity contribution in [1.82, 2.24) is 9.88 Å². The molecule has 5 heteroatoms. The number of aromatic nitrogens is 1. The van der Waals surface area contributed by atoms with Crippen LogP contribution in [0, 0.1) is 5.92 Å². The monoisotopic (exact) mass is 343 g/mol. The number of benzene rings is 1. The van der Waals surface area contributed by atoms with Gasteiger partial charge in [-0.1, -0.05) is 18.3 Å². The van der Waals surface area contributed by atoms with Crippen LogP contribution in [0.5, 0.6) is 0 Å². The van der Waals surface area contributed by atoms with Crippen molar-refractivity contribution in [2.75, 3.05) is 25.5 Å². The van der Waals surface area contributed by atoms with E-state index in [1.165, 1.54) is 18.4 Å². The van der Waals surface area contributed by atoms with Crippen molar-refractivity contribution in [2.45, 2.75) is 45.1 Å². The number of Topliss-reactive ketones (excluding diaryl/α,β-unsaturated/α-hetero) is 1. The summed E-state index contributed by atoms with van der Waals surface area (Å²) in [5.74, 6) is 1.51. The number of thiazole rings is 1. The van der Waals surface area contributed by atoms with Gasteiger partial charge in [0, 0.05) is 18.7 Å². The molecule has 1 fully saturated rings. The summed E-state index contributed by atoms with van der Waals surface area (Å²) in [5, 5.41) is 4.22. The van der Waals surface area contributed by atoms with Crippen LogP contribution in [0.15, 0.2) is 12.1 Å². The lowest BCUT2D eigenvalue weighted by Crippen LogP contribution is -2.43. The molecule has 0 amide bonds. The molecule has 128 valence electrons. The smallest absolute Gasteiger partial charge is 0.183 e. The van der Waals surface area contributed by atoms with Crippen LogP contribution in [0.4, 0.5) is 5.13 Å². The molecule has 4 nitrogen and oxygen atoms in total. The van der Waals surface area contributed by atoms with Crippen LogP contribution in [-0.2, 0) is 0 Å². The minimum atomic E-state index is 0.0340. The van der Waals surface area contributed by atoms with E-state index in [0.717, 1.165) is 46.3 Å². The van der Waals surface area contributed by atoms with Gasteiger partial charge in [-0.15, -0.1) is 0 Å². The van der Waals surface area contributed by atoms with E-state index in [2.05, 4.69) is 48.2 Å². The van der Waals surface area contributed by atoms with E-state index < -0.39 is 0 Å². The van der Waals surface area contributed by atoms with E-state index in [-0.39, 0.29) is 6.04 Å². The lowest BCUT2D eigenvalue weighted by Gasteiger charge is -2.34.